The van der Waals surface area contributed by atoms with Crippen molar-refractivity contribution in [1.82, 2.24) is 14.8 Å². The summed E-state index contributed by atoms with van der Waals surface area (Å²) < 4.78 is 30.8. The monoisotopic (exact) mass is 382 g/mol. The Labute approximate surface area is 161 Å². The number of amides is 1. The molecule has 1 N–H and O–H groups in total. The predicted octanol–water partition coefficient (Wildman–Crippen LogP) is 4.40. The molecule has 0 saturated heterocycles. The fourth-order valence-electron chi connectivity index (χ4n) is 3.39. The minimum atomic E-state index is -3.61. The van der Waals surface area contributed by atoms with Gasteiger partial charge in [-0.3, -0.25) is 4.79 Å². The zero-order valence-electron chi connectivity index (χ0n) is 15.2. The van der Waals surface area contributed by atoms with Gasteiger partial charge >= 0.3 is 5.92 Å². The van der Waals surface area contributed by atoms with Crippen molar-refractivity contribution in [2.75, 3.05) is 5.32 Å². The van der Waals surface area contributed by atoms with Crippen LogP contribution in [0.2, 0.25) is 0 Å². The maximum atomic E-state index is 14.3. The molecule has 0 spiro atoms. The summed E-state index contributed by atoms with van der Waals surface area (Å²) in [6.45, 7) is 0.874. The largest absolute Gasteiger partial charge is 0.350 e. The Hall–Kier alpha value is -3.09. The van der Waals surface area contributed by atoms with E-state index in [9.17, 15) is 13.6 Å². The van der Waals surface area contributed by atoms with Crippen LogP contribution in [0.4, 0.5) is 14.5 Å². The maximum absolute atomic E-state index is 14.3. The van der Waals surface area contributed by atoms with Crippen LogP contribution in [0.5, 0.6) is 0 Å². The van der Waals surface area contributed by atoms with E-state index in [4.69, 9.17) is 0 Å². The number of nitrogens with one attached hydrogen (secondary N) is 1. The van der Waals surface area contributed by atoms with E-state index in [1.165, 1.54) is 30.7 Å². The first-order valence-electron chi connectivity index (χ1n) is 9.33. The van der Waals surface area contributed by atoms with Gasteiger partial charge in [0.25, 0.3) is 5.91 Å². The number of alkyl halides is 2. The molecule has 7 heteroatoms. The van der Waals surface area contributed by atoms with Gasteiger partial charge in [-0.25, -0.2) is 0 Å². The van der Waals surface area contributed by atoms with E-state index in [0.29, 0.717) is 5.69 Å². The second kappa shape index (κ2) is 7.50. The number of hydrogen-bond donors (Lipinski definition) is 1. The summed E-state index contributed by atoms with van der Waals surface area (Å²) in [5.74, 6) is -3.22. The highest BCUT2D eigenvalue weighted by Crippen LogP contribution is 2.30. The summed E-state index contributed by atoms with van der Waals surface area (Å²) in [7, 11) is 0. The Balaban J connectivity index is 1.51. The predicted molar refractivity (Wildman–Crippen MR) is 102 cm³/mol. The van der Waals surface area contributed by atoms with Crippen molar-refractivity contribution in [1.29, 1.82) is 0 Å². The van der Waals surface area contributed by atoms with Gasteiger partial charge in [0.1, 0.15) is 5.82 Å². The molecule has 0 saturated carbocycles. The summed E-state index contributed by atoms with van der Waals surface area (Å²) in [4.78, 5) is 12.1. The second-order valence-corrected chi connectivity index (χ2v) is 6.87. The summed E-state index contributed by atoms with van der Waals surface area (Å²) in [6.07, 6.45) is 4.28. The van der Waals surface area contributed by atoms with Gasteiger partial charge < -0.3 is 9.88 Å². The third-order valence-corrected chi connectivity index (χ3v) is 4.93. The standard InChI is InChI=1S/C21H20F2N4O/c22-21(23,16-7-3-1-4-8-16)20(28)24-17-12-10-15(11-13-17)19-26-25-18-9-5-2-6-14-27(18)19/h1,3-4,7-8,10-13H,2,5-6,9,14H2,(H,24,28). The lowest BCUT2D eigenvalue weighted by Crippen LogP contribution is -2.32. The number of carbonyl (C=O) groups is 1. The van der Waals surface area contributed by atoms with Crippen molar-refractivity contribution in [3.8, 4) is 11.4 Å². The molecular formula is C21H20F2N4O. The molecule has 3 aromatic rings. The first-order valence-corrected chi connectivity index (χ1v) is 9.33. The lowest BCUT2D eigenvalue weighted by Gasteiger charge is -2.16. The van der Waals surface area contributed by atoms with Gasteiger partial charge in [0.2, 0.25) is 0 Å². The molecule has 1 aliphatic heterocycles. The van der Waals surface area contributed by atoms with Crippen LogP contribution in [0.15, 0.2) is 54.6 Å². The number of fused-ring (bicyclic) bond motifs is 1. The summed E-state index contributed by atoms with van der Waals surface area (Å²) in [5, 5.41) is 10.9. The van der Waals surface area contributed by atoms with Crippen LogP contribution in [0.3, 0.4) is 0 Å². The van der Waals surface area contributed by atoms with Crippen molar-refractivity contribution >= 4 is 11.6 Å². The molecular weight excluding hydrogens is 362 g/mol. The minimum Gasteiger partial charge on any atom is -0.321 e. The fourth-order valence-corrected chi connectivity index (χ4v) is 3.39. The number of carbonyl (C=O) groups excluding carboxylic acids is 1. The van der Waals surface area contributed by atoms with Crippen LogP contribution in [-0.2, 0) is 23.7 Å². The molecule has 1 aliphatic rings. The third-order valence-electron chi connectivity index (χ3n) is 4.93. The van der Waals surface area contributed by atoms with Crippen molar-refractivity contribution in [2.45, 2.75) is 38.2 Å². The molecule has 1 aromatic heterocycles. The molecule has 0 aliphatic carbocycles. The van der Waals surface area contributed by atoms with Crippen molar-refractivity contribution in [2.24, 2.45) is 0 Å². The molecule has 28 heavy (non-hydrogen) atoms. The van der Waals surface area contributed by atoms with E-state index in [0.717, 1.165) is 43.0 Å². The second-order valence-electron chi connectivity index (χ2n) is 6.87. The smallest absolute Gasteiger partial charge is 0.321 e. The Bertz CT molecular complexity index is 968. The van der Waals surface area contributed by atoms with Crippen LogP contribution in [0, 0.1) is 0 Å². The zero-order valence-corrected chi connectivity index (χ0v) is 15.2. The van der Waals surface area contributed by atoms with Gasteiger partial charge in [0.15, 0.2) is 5.82 Å². The van der Waals surface area contributed by atoms with Gasteiger partial charge in [-0.1, -0.05) is 36.8 Å². The highest BCUT2D eigenvalue weighted by atomic mass is 19.3. The van der Waals surface area contributed by atoms with Gasteiger partial charge in [-0.2, -0.15) is 8.78 Å². The number of aryl methyl sites for hydroxylation is 1. The fraction of sp³-hybridized carbons (Fsp3) is 0.286. The van der Waals surface area contributed by atoms with E-state index < -0.39 is 11.8 Å². The topological polar surface area (TPSA) is 59.8 Å². The molecule has 0 atom stereocenters. The van der Waals surface area contributed by atoms with Gasteiger partial charge in [-0.15, -0.1) is 10.2 Å². The zero-order chi connectivity index (χ0) is 19.6. The molecule has 5 nitrogen and oxygen atoms in total. The van der Waals surface area contributed by atoms with E-state index in [1.807, 2.05) is 0 Å². The van der Waals surface area contributed by atoms with Crippen LogP contribution in [0.1, 0.15) is 30.7 Å². The number of halogens is 2. The van der Waals surface area contributed by atoms with E-state index in [2.05, 4.69) is 20.1 Å². The SMILES string of the molecule is O=C(Nc1ccc(-c2nnc3n2CCCCC3)cc1)C(F)(F)c1ccccc1. The lowest BCUT2D eigenvalue weighted by atomic mass is 10.1. The van der Waals surface area contributed by atoms with Crippen molar-refractivity contribution in [3.63, 3.8) is 0 Å². The molecule has 0 fully saturated rings. The van der Waals surface area contributed by atoms with Gasteiger partial charge in [0.05, 0.1) is 0 Å². The van der Waals surface area contributed by atoms with Crippen LogP contribution >= 0.6 is 0 Å². The van der Waals surface area contributed by atoms with E-state index >= 15 is 0 Å². The van der Waals surface area contributed by atoms with Crippen molar-refractivity contribution in [3.05, 3.63) is 66.0 Å². The summed E-state index contributed by atoms with van der Waals surface area (Å²) >= 11 is 0. The highest BCUT2D eigenvalue weighted by Gasteiger charge is 2.40. The highest BCUT2D eigenvalue weighted by molar-refractivity contribution is 5.96. The Kier molecular flexibility index (Phi) is 4.90. The molecule has 2 aromatic carbocycles. The van der Waals surface area contributed by atoms with Crippen LogP contribution in [-0.4, -0.2) is 20.7 Å². The Morgan fingerprint density at radius 3 is 2.46 bits per heavy atom. The Morgan fingerprint density at radius 1 is 0.964 bits per heavy atom. The molecule has 2 heterocycles. The lowest BCUT2D eigenvalue weighted by molar-refractivity contribution is -0.140. The van der Waals surface area contributed by atoms with Gasteiger partial charge in [-0.05, 0) is 37.1 Å². The number of anilines is 1. The van der Waals surface area contributed by atoms with Crippen LogP contribution in [0.25, 0.3) is 11.4 Å². The molecule has 0 bridgehead atoms. The summed E-state index contributed by atoms with van der Waals surface area (Å²) in [6, 6.07) is 13.8. The van der Waals surface area contributed by atoms with E-state index in [1.54, 1.807) is 30.3 Å². The maximum Gasteiger partial charge on any atom is 0.350 e. The molecule has 1 amide bonds. The van der Waals surface area contributed by atoms with Crippen LogP contribution < -0.4 is 5.32 Å². The summed E-state index contributed by atoms with van der Waals surface area (Å²) in [5.41, 5.74) is 0.809. The number of rotatable bonds is 4. The van der Waals surface area contributed by atoms with Crippen molar-refractivity contribution < 1.29 is 13.6 Å². The molecule has 0 radical (unpaired) electrons. The molecule has 0 unspecified atom stereocenters. The first kappa shape index (κ1) is 18.3. The molecule has 4 rings (SSSR count). The Morgan fingerprint density at radius 2 is 1.71 bits per heavy atom. The normalized spacial score (nSPS) is 14.2. The average molecular weight is 382 g/mol. The van der Waals surface area contributed by atoms with Gasteiger partial charge in [0, 0.05) is 29.8 Å². The molecule has 144 valence electrons. The van der Waals surface area contributed by atoms with E-state index in [-0.39, 0.29) is 5.56 Å². The quantitative estimate of drug-likeness (QED) is 0.727. The number of aromatic nitrogens is 3. The number of hydrogen-bond acceptors (Lipinski definition) is 3. The number of benzene rings is 2. The minimum absolute atomic E-state index is 0.306. The first-order chi connectivity index (χ1) is 13.6. The third kappa shape index (κ3) is 3.52. The number of nitrogens with zero attached hydrogens (tertiary/aromatic N) is 3. The average Bonchev–Trinajstić information content (AvgIpc) is 2.97.